The first kappa shape index (κ1) is 15.3. The minimum absolute atomic E-state index is 0.0321. The maximum atomic E-state index is 12.1. The van der Waals surface area contributed by atoms with Crippen molar-refractivity contribution in [3.8, 4) is 11.5 Å². The van der Waals surface area contributed by atoms with Crippen LogP contribution in [0.2, 0.25) is 10.0 Å². The summed E-state index contributed by atoms with van der Waals surface area (Å²) < 4.78 is 5.47. The average molecular weight is 340 g/mol. The number of nitrogens with one attached hydrogen (secondary N) is 1. The largest absolute Gasteiger partial charge is 0.403 e. The van der Waals surface area contributed by atoms with Crippen LogP contribution in [0.4, 0.5) is 6.01 Å². The maximum absolute atomic E-state index is 12.1. The lowest BCUT2D eigenvalue weighted by molar-refractivity contribution is -0.120. The number of carbonyl (C=O) groups is 1. The second-order valence-corrected chi connectivity index (χ2v) is 6.27. The molecule has 1 N–H and O–H groups in total. The normalized spacial score (nSPS) is 15.7. The van der Waals surface area contributed by atoms with Crippen molar-refractivity contribution < 1.29 is 9.21 Å². The van der Waals surface area contributed by atoms with E-state index < -0.39 is 0 Å². The van der Waals surface area contributed by atoms with Gasteiger partial charge in [0.1, 0.15) is 0 Å². The Bertz CT molecular complexity index is 661. The number of aromatic nitrogens is 2. The van der Waals surface area contributed by atoms with Crippen molar-refractivity contribution in [1.82, 2.24) is 10.2 Å². The second kappa shape index (κ2) is 6.67. The Balaban J connectivity index is 1.72. The van der Waals surface area contributed by atoms with E-state index in [0.29, 0.717) is 15.6 Å². The molecule has 0 saturated heterocycles. The number of benzene rings is 1. The summed E-state index contributed by atoms with van der Waals surface area (Å²) >= 11 is 11.9. The zero-order valence-electron chi connectivity index (χ0n) is 11.8. The van der Waals surface area contributed by atoms with Crippen molar-refractivity contribution in [2.24, 2.45) is 5.92 Å². The van der Waals surface area contributed by atoms with E-state index in [1.54, 1.807) is 18.2 Å². The van der Waals surface area contributed by atoms with E-state index in [1.165, 1.54) is 6.42 Å². The summed E-state index contributed by atoms with van der Waals surface area (Å²) in [5.74, 6) is 0.243. The van der Waals surface area contributed by atoms with Crippen LogP contribution >= 0.6 is 23.2 Å². The minimum atomic E-state index is -0.0565. The first-order chi connectivity index (χ1) is 10.6. The number of carbonyl (C=O) groups excluding carboxylic acids is 1. The predicted molar refractivity (Wildman–Crippen MR) is 85.0 cm³/mol. The van der Waals surface area contributed by atoms with Gasteiger partial charge in [-0.1, -0.05) is 47.6 Å². The third kappa shape index (κ3) is 3.59. The summed E-state index contributed by atoms with van der Waals surface area (Å²) in [4.78, 5) is 12.1. The van der Waals surface area contributed by atoms with E-state index >= 15 is 0 Å². The summed E-state index contributed by atoms with van der Waals surface area (Å²) in [5.41, 5.74) is 0.614. The molecular weight excluding hydrogens is 325 g/mol. The summed E-state index contributed by atoms with van der Waals surface area (Å²) in [6.45, 7) is 0. The molecule has 3 rings (SSSR count). The van der Waals surface area contributed by atoms with Gasteiger partial charge in [0, 0.05) is 21.5 Å². The van der Waals surface area contributed by atoms with Crippen LogP contribution < -0.4 is 5.32 Å². The molecule has 1 heterocycles. The summed E-state index contributed by atoms with van der Waals surface area (Å²) in [5, 5.41) is 11.4. The number of halogens is 2. The number of rotatable bonds is 3. The Labute approximate surface area is 138 Å². The average Bonchev–Trinajstić information content (AvgIpc) is 2.96. The SMILES string of the molecule is O=C(Nc1nnc(-c2cc(Cl)cc(Cl)c2)o1)C1CCCCC1. The van der Waals surface area contributed by atoms with E-state index in [-0.39, 0.29) is 23.7 Å². The molecule has 1 fully saturated rings. The number of anilines is 1. The molecule has 22 heavy (non-hydrogen) atoms. The fourth-order valence-corrected chi connectivity index (χ4v) is 3.17. The fraction of sp³-hybridized carbons (Fsp3) is 0.400. The van der Waals surface area contributed by atoms with Crippen LogP contribution in [0, 0.1) is 5.92 Å². The lowest BCUT2D eigenvalue weighted by Gasteiger charge is -2.19. The molecule has 1 aliphatic carbocycles. The van der Waals surface area contributed by atoms with Crippen molar-refractivity contribution in [3.05, 3.63) is 28.2 Å². The molecule has 1 amide bonds. The smallest absolute Gasteiger partial charge is 0.322 e. The van der Waals surface area contributed by atoms with Crippen LogP contribution in [-0.2, 0) is 4.79 Å². The molecule has 116 valence electrons. The Morgan fingerprint density at radius 2 is 1.77 bits per heavy atom. The number of amides is 1. The highest BCUT2D eigenvalue weighted by Crippen LogP contribution is 2.28. The predicted octanol–water partition coefficient (Wildman–Crippen LogP) is 4.56. The van der Waals surface area contributed by atoms with Crippen LogP contribution in [0.5, 0.6) is 0 Å². The lowest BCUT2D eigenvalue weighted by atomic mass is 9.89. The molecule has 1 saturated carbocycles. The van der Waals surface area contributed by atoms with Crippen LogP contribution in [0.1, 0.15) is 32.1 Å². The molecule has 0 unspecified atom stereocenters. The van der Waals surface area contributed by atoms with Gasteiger partial charge >= 0.3 is 6.01 Å². The van der Waals surface area contributed by atoms with Gasteiger partial charge in [-0.2, -0.15) is 0 Å². The Morgan fingerprint density at radius 1 is 1.09 bits per heavy atom. The molecule has 1 aliphatic rings. The standard InChI is InChI=1S/C15H15Cl2N3O2/c16-11-6-10(7-12(17)8-11)14-19-20-15(22-14)18-13(21)9-4-2-1-3-5-9/h6-9H,1-5H2,(H,18,20,21). The Hall–Kier alpha value is -1.59. The van der Waals surface area contributed by atoms with Crippen molar-refractivity contribution in [3.63, 3.8) is 0 Å². The van der Waals surface area contributed by atoms with E-state index in [4.69, 9.17) is 27.6 Å². The third-order valence-corrected chi connectivity index (χ3v) is 4.18. The van der Waals surface area contributed by atoms with Gasteiger partial charge < -0.3 is 4.42 Å². The summed E-state index contributed by atoms with van der Waals surface area (Å²) in [6, 6.07) is 5.07. The van der Waals surface area contributed by atoms with Gasteiger partial charge in [-0.3, -0.25) is 10.1 Å². The van der Waals surface area contributed by atoms with Gasteiger partial charge in [-0.25, -0.2) is 0 Å². The first-order valence-corrected chi connectivity index (χ1v) is 7.98. The van der Waals surface area contributed by atoms with E-state index in [9.17, 15) is 4.79 Å². The van der Waals surface area contributed by atoms with Crippen LogP contribution in [0.3, 0.4) is 0 Å². The van der Waals surface area contributed by atoms with E-state index in [1.807, 2.05) is 0 Å². The summed E-state index contributed by atoms with van der Waals surface area (Å²) in [7, 11) is 0. The molecule has 0 spiro atoms. The molecule has 2 aromatic rings. The molecule has 5 nitrogen and oxygen atoms in total. The molecule has 1 aromatic carbocycles. The Morgan fingerprint density at radius 3 is 2.45 bits per heavy atom. The molecule has 0 bridgehead atoms. The number of nitrogens with zero attached hydrogens (tertiary/aromatic N) is 2. The van der Waals surface area contributed by atoms with Gasteiger partial charge in [-0.05, 0) is 31.0 Å². The topological polar surface area (TPSA) is 68.0 Å². The zero-order chi connectivity index (χ0) is 15.5. The molecular formula is C15H15Cl2N3O2. The molecule has 0 aliphatic heterocycles. The highest BCUT2D eigenvalue weighted by molar-refractivity contribution is 6.35. The fourth-order valence-electron chi connectivity index (χ4n) is 2.64. The van der Waals surface area contributed by atoms with Crippen LogP contribution in [0.15, 0.2) is 22.6 Å². The number of hydrogen-bond donors (Lipinski definition) is 1. The molecule has 0 radical (unpaired) electrons. The van der Waals surface area contributed by atoms with Gasteiger partial charge in [0.15, 0.2) is 0 Å². The van der Waals surface area contributed by atoms with Gasteiger partial charge in [-0.15, -0.1) is 5.10 Å². The molecule has 7 heteroatoms. The highest BCUT2D eigenvalue weighted by atomic mass is 35.5. The summed E-state index contributed by atoms with van der Waals surface area (Å²) in [6.07, 6.45) is 5.21. The van der Waals surface area contributed by atoms with E-state index in [0.717, 1.165) is 25.7 Å². The first-order valence-electron chi connectivity index (χ1n) is 7.22. The maximum Gasteiger partial charge on any atom is 0.322 e. The van der Waals surface area contributed by atoms with Crippen LogP contribution in [0.25, 0.3) is 11.5 Å². The highest BCUT2D eigenvalue weighted by Gasteiger charge is 2.22. The Kier molecular flexibility index (Phi) is 4.64. The van der Waals surface area contributed by atoms with Crippen molar-refractivity contribution in [2.45, 2.75) is 32.1 Å². The van der Waals surface area contributed by atoms with Crippen molar-refractivity contribution in [2.75, 3.05) is 5.32 Å². The lowest BCUT2D eigenvalue weighted by Crippen LogP contribution is -2.24. The second-order valence-electron chi connectivity index (χ2n) is 5.39. The number of hydrogen-bond acceptors (Lipinski definition) is 4. The van der Waals surface area contributed by atoms with Gasteiger partial charge in [0.2, 0.25) is 11.8 Å². The zero-order valence-corrected chi connectivity index (χ0v) is 13.3. The molecule has 0 atom stereocenters. The molecule has 1 aromatic heterocycles. The van der Waals surface area contributed by atoms with Gasteiger partial charge in [0.05, 0.1) is 0 Å². The van der Waals surface area contributed by atoms with Crippen LogP contribution in [-0.4, -0.2) is 16.1 Å². The van der Waals surface area contributed by atoms with Crippen molar-refractivity contribution >= 4 is 35.1 Å². The third-order valence-electron chi connectivity index (χ3n) is 3.74. The van der Waals surface area contributed by atoms with E-state index in [2.05, 4.69) is 15.5 Å². The minimum Gasteiger partial charge on any atom is -0.403 e. The van der Waals surface area contributed by atoms with Gasteiger partial charge in [0.25, 0.3) is 0 Å². The monoisotopic (exact) mass is 339 g/mol. The van der Waals surface area contributed by atoms with Crippen molar-refractivity contribution in [1.29, 1.82) is 0 Å². The quantitative estimate of drug-likeness (QED) is 0.889.